The van der Waals surface area contributed by atoms with Crippen LogP contribution < -0.4 is 11.1 Å². The summed E-state index contributed by atoms with van der Waals surface area (Å²) in [5, 5.41) is 3.19. The highest BCUT2D eigenvalue weighted by Gasteiger charge is 2.35. The number of nitrogens with two attached hydrogens (primary N) is 1. The molecule has 0 spiro atoms. The molecule has 0 radical (unpaired) electrons. The third kappa shape index (κ3) is 4.18. The van der Waals surface area contributed by atoms with Crippen molar-refractivity contribution in [1.29, 1.82) is 0 Å². The Morgan fingerprint density at radius 2 is 1.70 bits per heavy atom. The number of hydrogen-bond acceptors (Lipinski definition) is 2. The van der Waals surface area contributed by atoms with E-state index in [1.54, 1.807) is 0 Å². The molecule has 0 atom stereocenters. The topological polar surface area (TPSA) is 55.1 Å². The average Bonchev–Trinajstić information content (AvgIpc) is 2.82. The van der Waals surface area contributed by atoms with Crippen molar-refractivity contribution in [2.75, 3.05) is 0 Å². The molecule has 1 amide bonds. The fourth-order valence-corrected chi connectivity index (χ4v) is 3.98. The van der Waals surface area contributed by atoms with Gasteiger partial charge in [-0.1, -0.05) is 63.6 Å². The van der Waals surface area contributed by atoms with Crippen molar-refractivity contribution in [3.63, 3.8) is 0 Å². The standard InChI is InChI=1S/C16H28N2OS/c17-15(20)16(11-5-1-2-6-12-16)18-14(19)10-9-13-7-3-4-8-13/h13H,1-12H2,(H2,17,20)(H,18,19). The Hall–Kier alpha value is -0.640. The molecule has 20 heavy (non-hydrogen) atoms. The molecule has 3 nitrogen and oxygen atoms in total. The maximum absolute atomic E-state index is 12.3. The largest absolute Gasteiger partial charge is 0.391 e. The molecule has 3 N–H and O–H groups in total. The lowest BCUT2D eigenvalue weighted by Gasteiger charge is -2.33. The molecular formula is C16H28N2OS. The van der Waals surface area contributed by atoms with Crippen molar-refractivity contribution in [2.45, 2.75) is 82.6 Å². The lowest BCUT2D eigenvalue weighted by molar-refractivity contribution is -0.122. The van der Waals surface area contributed by atoms with Gasteiger partial charge in [-0.05, 0) is 25.2 Å². The van der Waals surface area contributed by atoms with Crippen molar-refractivity contribution in [2.24, 2.45) is 11.7 Å². The predicted molar refractivity (Wildman–Crippen MR) is 86.6 cm³/mol. The Labute approximate surface area is 128 Å². The molecule has 0 aromatic rings. The van der Waals surface area contributed by atoms with E-state index in [0.717, 1.165) is 38.0 Å². The fourth-order valence-electron chi connectivity index (χ4n) is 3.73. The van der Waals surface area contributed by atoms with Gasteiger partial charge in [0, 0.05) is 6.42 Å². The summed E-state index contributed by atoms with van der Waals surface area (Å²) in [6, 6.07) is 0. The van der Waals surface area contributed by atoms with E-state index in [0.29, 0.717) is 11.4 Å². The third-order valence-corrected chi connectivity index (χ3v) is 5.45. The van der Waals surface area contributed by atoms with Crippen LogP contribution in [0.5, 0.6) is 0 Å². The van der Waals surface area contributed by atoms with Crippen molar-refractivity contribution >= 4 is 23.1 Å². The number of nitrogens with one attached hydrogen (secondary N) is 1. The molecule has 2 aliphatic rings. The second-order valence-corrected chi connectivity index (χ2v) is 7.04. The minimum absolute atomic E-state index is 0.145. The number of rotatable bonds is 5. The van der Waals surface area contributed by atoms with Gasteiger partial charge in [0.1, 0.15) is 0 Å². The van der Waals surface area contributed by atoms with Gasteiger partial charge in [0.15, 0.2) is 0 Å². The van der Waals surface area contributed by atoms with E-state index >= 15 is 0 Å². The molecule has 0 unspecified atom stereocenters. The summed E-state index contributed by atoms with van der Waals surface area (Å²) < 4.78 is 0. The molecule has 2 aliphatic carbocycles. The summed E-state index contributed by atoms with van der Waals surface area (Å²) in [5.74, 6) is 0.905. The highest BCUT2D eigenvalue weighted by atomic mass is 32.1. The van der Waals surface area contributed by atoms with Gasteiger partial charge in [-0.15, -0.1) is 0 Å². The number of amides is 1. The molecular weight excluding hydrogens is 268 g/mol. The molecule has 4 heteroatoms. The summed E-state index contributed by atoms with van der Waals surface area (Å²) in [6.45, 7) is 0. The molecule has 0 aromatic heterocycles. The zero-order chi connectivity index (χ0) is 14.4. The van der Waals surface area contributed by atoms with Crippen LogP contribution in [0.3, 0.4) is 0 Å². The second-order valence-electron chi connectivity index (χ2n) is 6.60. The van der Waals surface area contributed by atoms with Crippen LogP contribution in [0.15, 0.2) is 0 Å². The minimum atomic E-state index is -0.404. The molecule has 0 aliphatic heterocycles. The van der Waals surface area contributed by atoms with Gasteiger partial charge in [-0.3, -0.25) is 4.79 Å². The molecule has 0 saturated heterocycles. The lowest BCUT2D eigenvalue weighted by atomic mass is 9.89. The van der Waals surface area contributed by atoms with E-state index in [2.05, 4.69) is 5.32 Å². The highest BCUT2D eigenvalue weighted by Crippen LogP contribution is 2.30. The summed E-state index contributed by atoms with van der Waals surface area (Å²) in [6.07, 6.45) is 13.4. The van der Waals surface area contributed by atoms with Crippen molar-refractivity contribution < 1.29 is 4.79 Å². The zero-order valence-electron chi connectivity index (χ0n) is 12.5. The molecule has 0 aromatic carbocycles. The number of thiocarbonyl (C=S) groups is 1. The van der Waals surface area contributed by atoms with E-state index in [-0.39, 0.29) is 5.91 Å². The van der Waals surface area contributed by atoms with Crippen molar-refractivity contribution in [3.8, 4) is 0 Å². The lowest BCUT2D eigenvalue weighted by Crippen LogP contribution is -2.56. The van der Waals surface area contributed by atoms with Crippen molar-refractivity contribution in [3.05, 3.63) is 0 Å². The van der Waals surface area contributed by atoms with Crippen LogP contribution in [0.4, 0.5) is 0 Å². The summed E-state index contributed by atoms with van der Waals surface area (Å²) in [5.41, 5.74) is 5.55. The Bertz CT molecular complexity index is 342. The van der Waals surface area contributed by atoms with Gasteiger partial charge in [-0.25, -0.2) is 0 Å². The van der Waals surface area contributed by atoms with Gasteiger partial charge < -0.3 is 11.1 Å². The second kappa shape index (κ2) is 7.39. The predicted octanol–water partition coefficient (Wildman–Crippen LogP) is 3.45. The smallest absolute Gasteiger partial charge is 0.220 e. The maximum Gasteiger partial charge on any atom is 0.220 e. The molecule has 2 saturated carbocycles. The molecule has 0 bridgehead atoms. The molecule has 114 valence electrons. The minimum Gasteiger partial charge on any atom is -0.391 e. The number of carbonyl (C=O) groups is 1. The fraction of sp³-hybridized carbons (Fsp3) is 0.875. The maximum atomic E-state index is 12.3. The van der Waals surface area contributed by atoms with Crippen LogP contribution in [-0.2, 0) is 4.79 Å². The molecule has 2 fully saturated rings. The first-order valence-corrected chi connectivity index (χ1v) is 8.64. The van der Waals surface area contributed by atoms with E-state index in [1.165, 1.54) is 38.5 Å². The summed E-state index contributed by atoms with van der Waals surface area (Å²) >= 11 is 5.26. The van der Waals surface area contributed by atoms with E-state index in [9.17, 15) is 4.79 Å². The van der Waals surface area contributed by atoms with E-state index in [1.807, 2.05) is 0 Å². The number of hydrogen-bond donors (Lipinski definition) is 2. The van der Waals surface area contributed by atoms with Crippen LogP contribution in [0.25, 0.3) is 0 Å². The van der Waals surface area contributed by atoms with Crippen LogP contribution in [-0.4, -0.2) is 16.4 Å². The van der Waals surface area contributed by atoms with Gasteiger partial charge in [0.2, 0.25) is 5.91 Å². The van der Waals surface area contributed by atoms with E-state index in [4.69, 9.17) is 18.0 Å². The van der Waals surface area contributed by atoms with Gasteiger partial charge in [0.05, 0.1) is 10.5 Å². The molecule has 0 heterocycles. The average molecular weight is 296 g/mol. The Morgan fingerprint density at radius 1 is 1.10 bits per heavy atom. The summed E-state index contributed by atoms with van der Waals surface area (Å²) in [7, 11) is 0. The SMILES string of the molecule is NC(=S)C1(NC(=O)CCC2CCCC2)CCCCCC1. The quantitative estimate of drug-likeness (QED) is 0.603. The highest BCUT2D eigenvalue weighted by molar-refractivity contribution is 7.80. The van der Waals surface area contributed by atoms with Crippen LogP contribution in [0, 0.1) is 5.92 Å². The monoisotopic (exact) mass is 296 g/mol. The van der Waals surface area contributed by atoms with E-state index < -0.39 is 5.54 Å². The summed E-state index contributed by atoms with van der Waals surface area (Å²) in [4.78, 5) is 12.7. The third-order valence-electron chi connectivity index (χ3n) is 5.06. The van der Waals surface area contributed by atoms with Crippen LogP contribution >= 0.6 is 12.2 Å². The van der Waals surface area contributed by atoms with Gasteiger partial charge >= 0.3 is 0 Å². The van der Waals surface area contributed by atoms with Crippen LogP contribution in [0.2, 0.25) is 0 Å². The van der Waals surface area contributed by atoms with Crippen molar-refractivity contribution in [1.82, 2.24) is 5.32 Å². The zero-order valence-corrected chi connectivity index (χ0v) is 13.3. The Morgan fingerprint density at radius 3 is 2.25 bits per heavy atom. The normalized spacial score (nSPS) is 23.2. The van der Waals surface area contributed by atoms with Gasteiger partial charge in [0.25, 0.3) is 0 Å². The molecule has 2 rings (SSSR count). The first-order valence-electron chi connectivity index (χ1n) is 8.23. The van der Waals surface area contributed by atoms with Gasteiger partial charge in [-0.2, -0.15) is 0 Å². The van der Waals surface area contributed by atoms with Crippen LogP contribution in [0.1, 0.15) is 77.0 Å². The Kier molecular flexibility index (Phi) is 5.82. The number of carbonyl (C=O) groups excluding carboxylic acids is 1. The first kappa shape index (κ1) is 15.7. The first-order chi connectivity index (χ1) is 9.62. The Balaban J connectivity index is 1.86.